The first-order valence-corrected chi connectivity index (χ1v) is 4.38. The Balaban J connectivity index is 0.000000261. The highest BCUT2D eigenvalue weighted by Crippen LogP contribution is 1.96. The van der Waals surface area contributed by atoms with Crippen molar-refractivity contribution >= 4 is 28.6 Å². The molecule has 1 heterocycles. The van der Waals surface area contributed by atoms with Crippen LogP contribution in [0.25, 0.3) is 0 Å². The zero-order valence-corrected chi connectivity index (χ0v) is 9.11. The van der Waals surface area contributed by atoms with Crippen molar-refractivity contribution in [2.24, 2.45) is 7.05 Å². The maximum Gasteiger partial charge on any atom is 0.181 e. The summed E-state index contributed by atoms with van der Waals surface area (Å²) in [5.41, 5.74) is 0. The van der Waals surface area contributed by atoms with Gasteiger partial charge < -0.3 is 9.90 Å². The standard InChI is InChI=1S/C6H7IN.C2H4O2/c1-8-4-2-3-6(7)5-8;1-2(3)4/h2-5H,1H3;1H3,(H,3,4)/q+1;/p-1. The molecule has 0 spiro atoms. The van der Waals surface area contributed by atoms with Crippen molar-refractivity contribution in [1.82, 2.24) is 0 Å². The van der Waals surface area contributed by atoms with Crippen molar-refractivity contribution in [2.45, 2.75) is 6.92 Å². The summed E-state index contributed by atoms with van der Waals surface area (Å²) in [6.07, 6.45) is 4.09. The largest absolute Gasteiger partial charge is 0.550 e. The molecule has 0 saturated carbocycles. The lowest BCUT2D eigenvalue weighted by molar-refractivity contribution is -0.672. The third-order valence-electron chi connectivity index (χ3n) is 0.904. The average Bonchev–Trinajstić information content (AvgIpc) is 1.84. The maximum atomic E-state index is 8.89. The molecule has 4 heteroatoms. The van der Waals surface area contributed by atoms with E-state index in [1.165, 1.54) is 3.57 Å². The smallest absolute Gasteiger partial charge is 0.181 e. The monoisotopic (exact) mass is 279 g/mol. The molecule has 12 heavy (non-hydrogen) atoms. The molecule has 0 aliphatic rings. The van der Waals surface area contributed by atoms with Crippen LogP contribution in [-0.4, -0.2) is 5.97 Å². The van der Waals surface area contributed by atoms with Crippen LogP contribution in [0.5, 0.6) is 0 Å². The number of halogens is 1. The van der Waals surface area contributed by atoms with E-state index in [-0.39, 0.29) is 0 Å². The number of aromatic nitrogens is 1. The fraction of sp³-hybridized carbons (Fsp3) is 0.250. The molecule has 0 N–H and O–H groups in total. The molecule has 66 valence electrons. The second-order valence-electron chi connectivity index (χ2n) is 2.18. The van der Waals surface area contributed by atoms with E-state index in [1.54, 1.807) is 0 Å². The van der Waals surface area contributed by atoms with Gasteiger partial charge in [-0.2, -0.15) is 0 Å². The van der Waals surface area contributed by atoms with Crippen LogP contribution in [0.1, 0.15) is 6.92 Å². The highest BCUT2D eigenvalue weighted by Gasteiger charge is 1.88. The molecule has 1 aromatic rings. The number of carbonyl (C=O) groups is 1. The Morgan fingerprint density at radius 3 is 2.42 bits per heavy atom. The number of aliphatic carboxylic acids is 1. The molecule has 1 aromatic heterocycles. The molecule has 0 radical (unpaired) electrons. The molecule has 3 nitrogen and oxygen atoms in total. The van der Waals surface area contributed by atoms with Crippen LogP contribution < -0.4 is 9.67 Å². The van der Waals surface area contributed by atoms with Gasteiger partial charge in [-0.25, -0.2) is 4.57 Å². The second kappa shape index (κ2) is 5.93. The van der Waals surface area contributed by atoms with E-state index in [0.717, 1.165) is 6.92 Å². The quantitative estimate of drug-likeness (QED) is 0.490. The van der Waals surface area contributed by atoms with Gasteiger partial charge in [-0.3, -0.25) is 0 Å². The SMILES string of the molecule is CC(=O)[O-].C[n+]1cccc(I)c1. The second-order valence-corrected chi connectivity index (χ2v) is 3.42. The minimum absolute atomic E-state index is 0.972. The van der Waals surface area contributed by atoms with E-state index in [1.807, 2.05) is 23.9 Å². The Labute approximate surface area is 85.2 Å². The highest BCUT2D eigenvalue weighted by atomic mass is 127. The summed E-state index contributed by atoms with van der Waals surface area (Å²) < 4.78 is 3.30. The molecule has 0 aliphatic carbocycles. The lowest BCUT2D eigenvalue weighted by atomic mass is 10.5. The number of carboxylic acid groups (broad SMARTS) is 1. The van der Waals surface area contributed by atoms with Gasteiger partial charge in [-0.1, -0.05) is 0 Å². The van der Waals surface area contributed by atoms with Crippen LogP contribution in [0.15, 0.2) is 24.5 Å². The summed E-state index contributed by atoms with van der Waals surface area (Å²) in [4.78, 5) is 8.89. The predicted octanol–water partition coefficient (Wildman–Crippen LogP) is -0.128. The Morgan fingerprint density at radius 2 is 2.17 bits per heavy atom. The molecule has 1 rings (SSSR count). The van der Waals surface area contributed by atoms with Gasteiger partial charge in [0.1, 0.15) is 7.05 Å². The molecule has 0 aromatic carbocycles. The zero-order valence-electron chi connectivity index (χ0n) is 6.95. The normalized spacial score (nSPS) is 8.25. The maximum absolute atomic E-state index is 8.89. The first-order valence-electron chi connectivity index (χ1n) is 3.30. The van der Waals surface area contributed by atoms with Gasteiger partial charge >= 0.3 is 0 Å². The third-order valence-corrected chi connectivity index (χ3v) is 1.54. The summed E-state index contributed by atoms with van der Waals surface area (Å²) in [5, 5.41) is 8.89. The molecule has 0 fully saturated rings. The first-order chi connectivity index (χ1) is 5.52. The molecule has 0 saturated heterocycles. The van der Waals surface area contributed by atoms with Crippen molar-refractivity contribution in [3.05, 3.63) is 28.1 Å². The number of aryl methyl sites for hydroxylation is 1. The fourth-order valence-corrected chi connectivity index (χ4v) is 1.20. The molecule has 0 bridgehead atoms. The number of carboxylic acids is 1. The summed E-state index contributed by atoms with van der Waals surface area (Å²) in [5.74, 6) is -1.08. The number of pyridine rings is 1. The average molecular weight is 279 g/mol. The number of nitrogens with zero attached hydrogens (tertiary/aromatic N) is 1. The number of hydrogen-bond donors (Lipinski definition) is 0. The first kappa shape index (κ1) is 11.4. The van der Waals surface area contributed by atoms with E-state index in [4.69, 9.17) is 9.90 Å². The van der Waals surface area contributed by atoms with Gasteiger partial charge in [0.15, 0.2) is 12.4 Å². The van der Waals surface area contributed by atoms with Gasteiger partial charge in [0.25, 0.3) is 0 Å². The van der Waals surface area contributed by atoms with Gasteiger partial charge in [-0.05, 0) is 35.6 Å². The van der Waals surface area contributed by atoms with Crippen molar-refractivity contribution < 1.29 is 14.5 Å². The Morgan fingerprint density at radius 1 is 1.67 bits per heavy atom. The van der Waals surface area contributed by atoms with Gasteiger partial charge in [0.05, 0.1) is 3.57 Å². The van der Waals surface area contributed by atoms with E-state index >= 15 is 0 Å². The minimum atomic E-state index is -1.08. The molecule has 0 amide bonds. The molecule has 0 aliphatic heterocycles. The minimum Gasteiger partial charge on any atom is -0.550 e. The van der Waals surface area contributed by atoms with Crippen LogP contribution in [0.3, 0.4) is 0 Å². The van der Waals surface area contributed by atoms with Crippen LogP contribution in [0.2, 0.25) is 0 Å². The molecule has 0 unspecified atom stereocenters. The Kier molecular flexibility index (Phi) is 5.61. The Hall–Kier alpha value is -0.650. The summed E-state index contributed by atoms with van der Waals surface area (Å²) in [6.45, 7) is 0.972. The van der Waals surface area contributed by atoms with Crippen LogP contribution in [0.4, 0.5) is 0 Å². The number of rotatable bonds is 0. The number of hydrogen-bond acceptors (Lipinski definition) is 2. The highest BCUT2D eigenvalue weighted by molar-refractivity contribution is 14.1. The summed E-state index contributed by atoms with van der Waals surface area (Å²) in [6, 6.07) is 4.10. The van der Waals surface area contributed by atoms with E-state index < -0.39 is 5.97 Å². The third kappa shape index (κ3) is 7.46. The Bertz CT molecular complexity index is 242. The van der Waals surface area contributed by atoms with Crippen molar-refractivity contribution in [2.75, 3.05) is 0 Å². The van der Waals surface area contributed by atoms with Gasteiger partial charge in [0, 0.05) is 12.0 Å². The van der Waals surface area contributed by atoms with Crippen molar-refractivity contribution in [3.8, 4) is 0 Å². The summed E-state index contributed by atoms with van der Waals surface area (Å²) in [7, 11) is 2.02. The van der Waals surface area contributed by atoms with E-state index in [0.29, 0.717) is 0 Å². The molecular formula is C8H10INO2. The predicted molar refractivity (Wildman–Crippen MR) is 51.0 cm³/mol. The van der Waals surface area contributed by atoms with Crippen LogP contribution in [-0.2, 0) is 11.8 Å². The lowest BCUT2D eigenvalue weighted by Crippen LogP contribution is -2.26. The van der Waals surface area contributed by atoms with Crippen molar-refractivity contribution in [1.29, 1.82) is 0 Å². The van der Waals surface area contributed by atoms with Gasteiger partial charge in [-0.15, -0.1) is 0 Å². The summed E-state index contributed by atoms with van der Waals surface area (Å²) >= 11 is 2.28. The topological polar surface area (TPSA) is 44.0 Å². The van der Waals surface area contributed by atoms with E-state index in [2.05, 4.69) is 34.9 Å². The van der Waals surface area contributed by atoms with Crippen LogP contribution >= 0.6 is 22.6 Å². The van der Waals surface area contributed by atoms with Crippen molar-refractivity contribution in [3.63, 3.8) is 0 Å². The van der Waals surface area contributed by atoms with Crippen LogP contribution in [0, 0.1) is 3.57 Å². The molecule has 0 atom stereocenters. The zero-order chi connectivity index (χ0) is 9.56. The lowest BCUT2D eigenvalue weighted by Gasteiger charge is -1.83. The fourth-order valence-electron chi connectivity index (χ4n) is 0.551. The molecular weight excluding hydrogens is 269 g/mol. The number of carbonyl (C=O) groups excluding carboxylic acids is 1. The van der Waals surface area contributed by atoms with Gasteiger partial charge in [0.2, 0.25) is 0 Å². The van der Waals surface area contributed by atoms with E-state index in [9.17, 15) is 0 Å².